The topological polar surface area (TPSA) is 88.2 Å². The summed E-state index contributed by atoms with van der Waals surface area (Å²) < 4.78 is 19.1. The normalized spacial score (nSPS) is 11.0. The van der Waals surface area contributed by atoms with E-state index in [1.54, 1.807) is 30.3 Å². The molecule has 118 valence electrons. The Morgan fingerprint density at radius 2 is 2.00 bits per heavy atom. The predicted molar refractivity (Wildman–Crippen MR) is 88.4 cm³/mol. The molecule has 0 radical (unpaired) electrons. The van der Waals surface area contributed by atoms with Gasteiger partial charge in [0.05, 0.1) is 10.7 Å². The molecule has 0 heterocycles. The third kappa shape index (κ3) is 4.08. The van der Waals surface area contributed by atoms with Crippen LogP contribution < -0.4 is 15.8 Å². The number of hydrogen-bond acceptors (Lipinski definition) is 4. The van der Waals surface area contributed by atoms with E-state index in [1.165, 1.54) is 6.07 Å². The molecule has 2 aromatic carbocycles. The number of carbonyl (C=O) groups is 1. The molecule has 0 unspecified atom stereocenters. The van der Waals surface area contributed by atoms with Gasteiger partial charge in [-0.15, -0.1) is 0 Å². The number of anilines is 1. The summed E-state index contributed by atoms with van der Waals surface area (Å²) >= 11 is 6.04. The van der Waals surface area contributed by atoms with Gasteiger partial charge >= 0.3 is 6.09 Å². The molecule has 0 saturated heterocycles. The highest BCUT2D eigenvalue weighted by Gasteiger charge is 2.14. The number of allylic oxidation sites excluding steroid dienone is 1. The molecule has 2 rings (SSSR count). The molecule has 0 aliphatic carbocycles. The number of hydrogen-bond donors (Lipinski definition) is 3. The van der Waals surface area contributed by atoms with Gasteiger partial charge in [0.15, 0.2) is 0 Å². The standard InChI is InChI=1S/C16H13ClFN3O2/c17-13-7-15(14(18)6-12(13)10(8-19)9-20)21-16(22)23-11-4-2-1-3-5-11/h1-9,19H,20H2,(H,21,22)/b10-9+,19-8?. The van der Waals surface area contributed by atoms with Crippen LogP contribution >= 0.6 is 11.6 Å². The zero-order valence-electron chi connectivity index (χ0n) is 11.8. The fourth-order valence-electron chi connectivity index (χ4n) is 1.81. The molecule has 2 aromatic rings. The van der Waals surface area contributed by atoms with E-state index in [0.29, 0.717) is 5.75 Å². The highest BCUT2D eigenvalue weighted by Crippen LogP contribution is 2.28. The number of nitrogens with one attached hydrogen (secondary N) is 2. The van der Waals surface area contributed by atoms with E-state index in [2.05, 4.69) is 5.32 Å². The molecule has 0 bridgehead atoms. The van der Waals surface area contributed by atoms with Crippen LogP contribution in [0.25, 0.3) is 5.57 Å². The first-order chi connectivity index (χ1) is 11.0. The van der Waals surface area contributed by atoms with Crippen molar-refractivity contribution in [1.29, 1.82) is 5.41 Å². The summed E-state index contributed by atoms with van der Waals surface area (Å²) in [5.74, 6) is -0.402. The van der Waals surface area contributed by atoms with Gasteiger partial charge in [-0.25, -0.2) is 9.18 Å². The van der Waals surface area contributed by atoms with E-state index in [0.717, 1.165) is 18.5 Å². The molecule has 4 N–H and O–H groups in total. The van der Waals surface area contributed by atoms with Crippen LogP contribution in [0.15, 0.2) is 48.7 Å². The molecule has 23 heavy (non-hydrogen) atoms. The molecule has 5 nitrogen and oxygen atoms in total. The molecule has 0 saturated carbocycles. The van der Waals surface area contributed by atoms with Gasteiger partial charge in [-0.1, -0.05) is 29.8 Å². The fourth-order valence-corrected chi connectivity index (χ4v) is 2.08. The number of nitrogens with two attached hydrogens (primary N) is 1. The van der Waals surface area contributed by atoms with Crippen LogP contribution in [0.1, 0.15) is 5.56 Å². The minimum absolute atomic E-state index is 0.138. The van der Waals surface area contributed by atoms with E-state index in [1.807, 2.05) is 0 Å². The fraction of sp³-hybridized carbons (Fsp3) is 0. The van der Waals surface area contributed by atoms with Crippen molar-refractivity contribution < 1.29 is 13.9 Å². The van der Waals surface area contributed by atoms with E-state index in [-0.39, 0.29) is 21.8 Å². The van der Waals surface area contributed by atoms with Crippen LogP contribution in [0.5, 0.6) is 5.75 Å². The lowest BCUT2D eigenvalue weighted by molar-refractivity contribution is 0.215. The van der Waals surface area contributed by atoms with Crippen LogP contribution in [0, 0.1) is 11.2 Å². The molecular weight excluding hydrogens is 321 g/mol. The third-order valence-corrected chi connectivity index (χ3v) is 3.21. The van der Waals surface area contributed by atoms with Crippen molar-refractivity contribution in [2.24, 2.45) is 5.73 Å². The summed E-state index contributed by atoms with van der Waals surface area (Å²) in [7, 11) is 0. The monoisotopic (exact) mass is 333 g/mol. The number of carbonyl (C=O) groups excluding carboxylic acids is 1. The molecule has 1 amide bonds. The van der Waals surface area contributed by atoms with Gasteiger partial charge in [-0.05, 0) is 24.3 Å². The van der Waals surface area contributed by atoms with E-state index < -0.39 is 11.9 Å². The summed E-state index contributed by atoms with van der Waals surface area (Å²) in [6.45, 7) is 0. The largest absolute Gasteiger partial charge is 0.417 e. The number of ether oxygens (including phenoxy) is 1. The molecule has 0 atom stereocenters. The van der Waals surface area contributed by atoms with Gasteiger partial charge in [0.1, 0.15) is 11.6 Å². The molecule has 7 heteroatoms. The summed E-state index contributed by atoms with van der Waals surface area (Å²) in [4.78, 5) is 11.8. The van der Waals surface area contributed by atoms with Gasteiger partial charge in [-0.2, -0.15) is 0 Å². The Hall–Kier alpha value is -2.86. The first-order valence-electron chi connectivity index (χ1n) is 6.51. The zero-order valence-corrected chi connectivity index (χ0v) is 12.6. The maximum atomic E-state index is 14.1. The predicted octanol–water partition coefficient (Wildman–Crippen LogP) is 4.04. The lowest BCUT2D eigenvalue weighted by atomic mass is 10.1. The second-order valence-electron chi connectivity index (χ2n) is 4.41. The SMILES string of the molecule is N=C/C(=C\N)c1cc(F)c(NC(=O)Oc2ccccc2)cc1Cl. The Kier molecular flexibility index (Phi) is 5.32. The van der Waals surface area contributed by atoms with Crippen LogP contribution in [0.2, 0.25) is 5.02 Å². The van der Waals surface area contributed by atoms with Gasteiger partial charge < -0.3 is 15.9 Å². The molecule has 0 aromatic heterocycles. The Morgan fingerprint density at radius 3 is 2.61 bits per heavy atom. The number of amides is 1. The molecular formula is C16H13ClFN3O2. The van der Waals surface area contributed by atoms with Crippen molar-refractivity contribution in [1.82, 2.24) is 0 Å². The first kappa shape index (κ1) is 16.5. The first-order valence-corrected chi connectivity index (χ1v) is 6.88. The molecule has 0 aliphatic heterocycles. The number of halogens is 2. The van der Waals surface area contributed by atoms with Crippen LogP contribution in [-0.2, 0) is 0 Å². The lowest BCUT2D eigenvalue weighted by Crippen LogP contribution is -2.17. The van der Waals surface area contributed by atoms with Gasteiger partial charge in [0.2, 0.25) is 0 Å². The second kappa shape index (κ2) is 7.42. The number of para-hydroxylation sites is 1. The second-order valence-corrected chi connectivity index (χ2v) is 4.81. The Morgan fingerprint density at radius 1 is 1.30 bits per heavy atom. The summed E-state index contributed by atoms with van der Waals surface area (Å²) in [5, 5.41) is 9.63. The van der Waals surface area contributed by atoms with Gasteiger partial charge in [0.25, 0.3) is 0 Å². The molecule has 0 spiro atoms. The lowest BCUT2D eigenvalue weighted by Gasteiger charge is -2.10. The minimum Gasteiger partial charge on any atom is -0.410 e. The van der Waals surface area contributed by atoms with E-state index in [4.69, 9.17) is 27.5 Å². The van der Waals surface area contributed by atoms with Crippen LogP contribution in [-0.4, -0.2) is 12.3 Å². The quantitative estimate of drug-likeness (QED) is 0.738. The minimum atomic E-state index is -0.847. The van der Waals surface area contributed by atoms with Crippen molar-refractivity contribution in [3.05, 3.63) is 65.1 Å². The number of benzene rings is 2. The van der Waals surface area contributed by atoms with Crippen LogP contribution in [0.3, 0.4) is 0 Å². The summed E-state index contributed by atoms with van der Waals surface area (Å²) in [6, 6.07) is 10.7. The maximum Gasteiger partial charge on any atom is 0.417 e. The maximum absolute atomic E-state index is 14.1. The van der Waals surface area contributed by atoms with Gasteiger partial charge in [0, 0.05) is 23.6 Å². The summed E-state index contributed by atoms with van der Waals surface area (Å²) in [5.41, 5.74) is 5.73. The van der Waals surface area contributed by atoms with Crippen molar-refractivity contribution in [2.75, 3.05) is 5.32 Å². The van der Waals surface area contributed by atoms with Crippen molar-refractivity contribution >= 4 is 35.2 Å². The Labute approximate surface area is 137 Å². The van der Waals surface area contributed by atoms with Crippen LogP contribution in [0.4, 0.5) is 14.9 Å². The average Bonchev–Trinajstić information content (AvgIpc) is 2.54. The van der Waals surface area contributed by atoms with E-state index >= 15 is 0 Å². The summed E-state index contributed by atoms with van der Waals surface area (Å²) in [6.07, 6.45) is 1.25. The highest BCUT2D eigenvalue weighted by molar-refractivity contribution is 6.34. The molecule has 0 aliphatic rings. The Bertz CT molecular complexity index is 763. The van der Waals surface area contributed by atoms with Gasteiger partial charge in [-0.3, -0.25) is 5.32 Å². The van der Waals surface area contributed by atoms with Crippen molar-refractivity contribution in [3.8, 4) is 5.75 Å². The smallest absolute Gasteiger partial charge is 0.410 e. The van der Waals surface area contributed by atoms with E-state index in [9.17, 15) is 9.18 Å². The van der Waals surface area contributed by atoms with Crippen molar-refractivity contribution in [3.63, 3.8) is 0 Å². The Balaban J connectivity index is 2.19. The third-order valence-electron chi connectivity index (χ3n) is 2.89. The number of rotatable bonds is 4. The zero-order chi connectivity index (χ0) is 16.8. The molecule has 0 fully saturated rings. The highest BCUT2D eigenvalue weighted by atomic mass is 35.5. The average molecular weight is 334 g/mol. The van der Waals surface area contributed by atoms with Crippen molar-refractivity contribution in [2.45, 2.75) is 0 Å².